The van der Waals surface area contributed by atoms with Crippen molar-refractivity contribution in [1.82, 2.24) is 9.88 Å². The molecule has 1 amide bonds. The number of aromatic nitrogens is 1. The summed E-state index contributed by atoms with van der Waals surface area (Å²) < 4.78 is 6.28. The van der Waals surface area contributed by atoms with Crippen molar-refractivity contribution in [3.05, 3.63) is 23.2 Å². The average Bonchev–Trinajstić information content (AvgIpc) is 2.89. The molecule has 21 heavy (non-hydrogen) atoms. The minimum atomic E-state index is 0.162. The maximum Gasteiger partial charge on any atom is 0.224 e. The zero-order valence-electron chi connectivity index (χ0n) is 11.5. The second kappa shape index (κ2) is 6.60. The molecule has 1 N–H and O–H groups in total. The van der Waals surface area contributed by atoms with Crippen LogP contribution < -0.4 is 5.32 Å². The molecule has 0 radical (unpaired) electrons. The van der Waals surface area contributed by atoms with E-state index in [1.165, 1.54) is 0 Å². The molecule has 2 heterocycles. The summed E-state index contributed by atoms with van der Waals surface area (Å²) in [6.45, 7) is 3.25. The molecule has 5 nitrogen and oxygen atoms in total. The maximum absolute atomic E-state index is 12.0. The minimum Gasteiger partial charge on any atom is -0.378 e. The Labute approximate surface area is 131 Å². The molecule has 1 aromatic carbocycles. The molecule has 2 aromatic rings. The Bertz CT molecular complexity index is 640. The SMILES string of the molecule is O=C(CCNc1nc2ccc(Cl)cc2s1)N1CCOCC1. The number of amides is 1. The van der Waals surface area contributed by atoms with Gasteiger partial charge in [-0.05, 0) is 18.2 Å². The third-order valence-electron chi connectivity index (χ3n) is 3.33. The van der Waals surface area contributed by atoms with E-state index in [0.717, 1.165) is 15.3 Å². The predicted octanol–water partition coefficient (Wildman–Crippen LogP) is 2.61. The predicted molar refractivity (Wildman–Crippen MR) is 85.1 cm³/mol. The molecule has 1 aliphatic rings. The fourth-order valence-electron chi connectivity index (χ4n) is 2.22. The Morgan fingerprint density at radius 2 is 2.24 bits per heavy atom. The van der Waals surface area contributed by atoms with E-state index in [-0.39, 0.29) is 5.91 Å². The molecule has 1 saturated heterocycles. The van der Waals surface area contributed by atoms with Gasteiger partial charge in [0.05, 0.1) is 23.4 Å². The van der Waals surface area contributed by atoms with Gasteiger partial charge in [0, 0.05) is 31.1 Å². The van der Waals surface area contributed by atoms with E-state index in [9.17, 15) is 4.79 Å². The Hall–Kier alpha value is -1.37. The second-order valence-corrected chi connectivity index (χ2v) is 6.27. The largest absolute Gasteiger partial charge is 0.378 e. The standard InChI is InChI=1S/C14H16ClN3O2S/c15-10-1-2-11-12(9-10)21-14(17-11)16-4-3-13(19)18-5-7-20-8-6-18/h1-2,9H,3-8H2,(H,16,17). The van der Waals surface area contributed by atoms with Crippen molar-refractivity contribution in [3.8, 4) is 0 Å². The second-order valence-electron chi connectivity index (χ2n) is 4.80. The molecule has 1 aromatic heterocycles. The highest BCUT2D eigenvalue weighted by Gasteiger charge is 2.16. The van der Waals surface area contributed by atoms with Crippen LogP contribution in [0.5, 0.6) is 0 Å². The molecule has 1 aliphatic heterocycles. The first-order chi connectivity index (χ1) is 10.2. The summed E-state index contributed by atoms with van der Waals surface area (Å²) in [5.41, 5.74) is 0.923. The van der Waals surface area contributed by atoms with Crippen LogP contribution in [0.25, 0.3) is 10.2 Å². The quantitative estimate of drug-likeness (QED) is 0.939. The monoisotopic (exact) mass is 325 g/mol. The highest BCUT2D eigenvalue weighted by molar-refractivity contribution is 7.22. The van der Waals surface area contributed by atoms with Crippen LogP contribution in [-0.4, -0.2) is 48.6 Å². The zero-order chi connectivity index (χ0) is 14.7. The number of benzene rings is 1. The number of anilines is 1. The minimum absolute atomic E-state index is 0.162. The molecule has 112 valence electrons. The summed E-state index contributed by atoms with van der Waals surface area (Å²) in [4.78, 5) is 18.3. The summed E-state index contributed by atoms with van der Waals surface area (Å²) in [5.74, 6) is 0.162. The Morgan fingerprint density at radius 3 is 3.05 bits per heavy atom. The lowest BCUT2D eigenvalue weighted by molar-refractivity contribution is -0.134. The third-order valence-corrected chi connectivity index (χ3v) is 4.54. The van der Waals surface area contributed by atoms with Crippen molar-refractivity contribution >= 4 is 44.2 Å². The number of hydrogen-bond acceptors (Lipinski definition) is 5. The number of morpholine rings is 1. The molecule has 0 saturated carbocycles. The van der Waals surface area contributed by atoms with E-state index in [1.807, 2.05) is 23.1 Å². The topological polar surface area (TPSA) is 54.5 Å². The van der Waals surface area contributed by atoms with Crippen LogP contribution in [0.3, 0.4) is 0 Å². The first-order valence-corrected chi connectivity index (χ1v) is 8.07. The van der Waals surface area contributed by atoms with Gasteiger partial charge in [0.25, 0.3) is 0 Å². The van der Waals surface area contributed by atoms with Crippen molar-refractivity contribution < 1.29 is 9.53 Å². The fourth-order valence-corrected chi connectivity index (χ4v) is 3.39. The summed E-state index contributed by atoms with van der Waals surface area (Å²) in [7, 11) is 0. The number of nitrogens with one attached hydrogen (secondary N) is 1. The summed E-state index contributed by atoms with van der Waals surface area (Å²) in [5, 5.41) is 4.74. The van der Waals surface area contributed by atoms with Crippen LogP contribution in [0.4, 0.5) is 5.13 Å². The zero-order valence-corrected chi connectivity index (χ0v) is 13.0. The molecular weight excluding hydrogens is 310 g/mol. The van der Waals surface area contributed by atoms with Gasteiger partial charge in [0.15, 0.2) is 5.13 Å². The molecule has 1 fully saturated rings. The lowest BCUT2D eigenvalue weighted by Gasteiger charge is -2.26. The average molecular weight is 326 g/mol. The Balaban J connectivity index is 1.53. The maximum atomic E-state index is 12.0. The molecule has 7 heteroatoms. The third kappa shape index (κ3) is 3.64. The molecule has 3 rings (SSSR count). The molecule has 0 unspecified atom stereocenters. The van der Waals surface area contributed by atoms with E-state index < -0.39 is 0 Å². The van der Waals surface area contributed by atoms with Gasteiger partial charge in [-0.1, -0.05) is 22.9 Å². The number of thiazole rings is 1. The van der Waals surface area contributed by atoms with E-state index in [4.69, 9.17) is 16.3 Å². The smallest absolute Gasteiger partial charge is 0.224 e. The van der Waals surface area contributed by atoms with Crippen molar-refractivity contribution in [3.63, 3.8) is 0 Å². The van der Waals surface area contributed by atoms with Gasteiger partial charge in [-0.25, -0.2) is 4.98 Å². The lowest BCUT2D eigenvalue weighted by Crippen LogP contribution is -2.41. The molecule has 0 bridgehead atoms. The normalized spacial score (nSPS) is 15.4. The molecule has 0 spiro atoms. The highest BCUT2D eigenvalue weighted by atomic mass is 35.5. The van der Waals surface area contributed by atoms with Gasteiger partial charge in [0.2, 0.25) is 5.91 Å². The summed E-state index contributed by atoms with van der Waals surface area (Å²) in [6.07, 6.45) is 0.469. The van der Waals surface area contributed by atoms with Crippen LogP contribution in [0.1, 0.15) is 6.42 Å². The van der Waals surface area contributed by atoms with E-state index in [1.54, 1.807) is 11.3 Å². The Morgan fingerprint density at radius 1 is 1.43 bits per heavy atom. The van der Waals surface area contributed by atoms with E-state index in [0.29, 0.717) is 44.3 Å². The van der Waals surface area contributed by atoms with Gasteiger partial charge in [-0.3, -0.25) is 4.79 Å². The van der Waals surface area contributed by atoms with E-state index >= 15 is 0 Å². The van der Waals surface area contributed by atoms with Crippen LogP contribution in [0.2, 0.25) is 5.02 Å². The van der Waals surface area contributed by atoms with Crippen molar-refractivity contribution in [1.29, 1.82) is 0 Å². The van der Waals surface area contributed by atoms with Crippen LogP contribution in [0, 0.1) is 0 Å². The van der Waals surface area contributed by atoms with Crippen molar-refractivity contribution in [2.45, 2.75) is 6.42 Å². The highest BCUT2D eigenvalue weighted by Crippen LogP contribution is 2.28. The molecule has 0 atom stereocenters. The van der Waals surface area contributed by atoms with Gasteiger partial charge in [-0.2, -0.15) is 0 Å². The van der Waals surface area contributed by atoms with Crippen molar-refractivity contribution in [2.75, 3.05) is 38.2 Å². The molecular formula is C14H16ClN3O2S. The number of halogens is 1. The number of nitrogens with zero attached hydrogens (tertiary/aromatic N) is 2. The number of ether oxygens (including phenoxy) is 1. The fraction of sp³-hybridized carbons (Fsp3) is 0.429. The van der Waals surface area contributed by atoms with Gasteiger partial charge >= 0.3 is 0 Å². The van der Waals surface area contributed by atoms with Gasteiger partial charge in [-0.15, -0.1) is 0 Å². The number of hydrogen-bond donors (Lipinski definition) is 1. The van der Waals surface area contributed by atoms with Gasteiger partial charge in [0.1, 0.15) is 0 Å². The number of rotatable bonds is 4. The number of carbonyl (C=O) groups excluding carboxylic acids is 1. The van der Waals surface area contributed by atoms with Gasteiger partial charge < -0.3 is 15.0 Å². The first kappa shape index (κ1) is 14.6. The number of carbonyl (C=O) groups is 1. The molecule has 0 aliphatic carbocycles. The van der Waals surface area contributed by atoms with Crippen LogP contribution in [0.15, 0.2) is 18.2 Å². The summed E-state index contributed by atoms with van der Waals surface area (Å²) >= 11 is 7.51. The van der Waals surface area contributed by atoms with E-state index in [2.05, 4.69) is 10.3 Å². The van der Waals surface area contributed by atoms with Crippen molar-refractivity contribution in [2.24, 2.45) is 0 Å². The summed E-state index contributed by atoms with van der Waals surface area (Å²) in [6, 6.07) is 5.63. The lowest BCUT2D eigenvalue weighted by atomic mass is 10.3. The Kier molecular flexibility index (Phi) is 4.57. The number of fused-ring (bicyclic) bond motifs is 1. The van der Waals surface area contributed by atoms with Crippen LogP contribution in [-0.2, 0) is 9.53 Å². The first-order valence-electron chi connectivity index (χ1n) is 6.88. The van der Waals surface area contributed by atoms with Crippen LogP contribution >= 0.6 is 22.9 Å².